The van der Waals surface area contributed by atoms with Crippen molar-refractivity contribution in [3.8, 4) is 0 Å². The van der Waals surface area contributed by atoms with Gasteiger partial charge in [0, 0.05) is 19.7 Å². The summed E-state index contributed by atoms with van der Waals surface area (Å²) in [6.07, 6.45) is 3.94. The van der Waals surface area contributed by atoms with Crippen LogP contribution in [0.25, 0.3) is 0 Å². The van der Waals surface area contributed by atoms with Crippen LogP contribution in [0.3, 0.4) is 0 Å². The molecule has 0 spiro atoms. The topological polar surface area (TPSA) is 43.0 Å². The summed E-state index contributed by atoms with van der Waals surface area (Å²) >= 11 is 0. The molecule has 1 N–H and O–H groups in total. The van der Waals surface area contributed by atoms with Crippen molar-refractivity contribution in [2.75, 3.05) is 6.54 Å². The molecular weight excluding hydrogens is 226 g/mol. The number of hydrogen-bond donors (Lipinski definition) is 1. The monoisotopic (exact) mass is 247 g/mol. The third-order valence-corrected chi connectivity index (χ3v) is 2.93. The van der Waals surface area contributed by atoms with Crippen LogP contribution in [0.5, 0.6) is 0 Å². The van der Waals surface area contributed by atoms with E-state index in [1.165, 1.54) is 0 Å². The highest BCUT2D eigenvalue weighted by atomic mass is 16.3. The maximum atomic E-state index is 5.72. The minimum absolute atomic E-state index is 0.202. The third kappa shape index (κ3) is 3.23. The SMILES string of the molecule is CCCNC(Cc1ccn(C)n1)c1ccc(C)o1. The molecule has 0 aliphatic rings. The van der Waals surface area contributed by atoms with E-state index < -0.39 is 0 Å². The van der Waals surface area contributed by atoms with Gasteiger partial charge in [0.2, 0.25) is 0 Å². The van der Waals surface area contributed by atoms with Crippen molar-refractivity contribution in [1.29, 1.82) is 0 Å². The van der Waals surface area contributed by atoms with Gasteiger partial charge in [-0.15, -0.1) is 0 Å². The Kier molecular flexibility index (Phi) is 4.20. The van der Waals surface area contributed by atoms with E-state index in [-0.39, 0.29) is 6.04 Å². The summed E-state index contributed by atoms with van der Waals surface area (Å²) in [5.41, 5.74) is 1.08. The summed E-state index contributed by atoms with van der Waals surface area (Å²) in [5, 5.41) is 7.94. The fourth-order valence-electron chi connectivity index (χ4n) is 2.01. The summed E-state index contributed by atoms with van der Waals surface area (Å²) in [6.45, 7) is 5.12. The van der Waals surface area contributed by atoms with E-state index >= 15 is 0 Å². The summed E-state index contributed by atoms with van der Waals surface area (Å²) in [7, 11) is 1.94. The molecule has 2 aromatic heterocycles. The van der Waals surface area contributed by atoms with E-state index in [9.17, 15) is 0 Å². The Bertz CT molecular complexity index is 487. The number of furan rings is 1. The number of nitrogens with zero attached hydrogens (tertiary/aromatic N) is 2. The minimum atomic E-state index is 0.202. The first kappa shape index (κ1) is 12.9. The molecule has 0 saturated carbocycles. The lowest BCUT2D eigenvalue weighted by Crippen LogP contribution is -2.23. The second-order valence-electron chi connectivity index (χ2n) is 4.64. The van der Waals surface area contributed by atoms with Gasteiger partial charge < -0.3 is 9.73 Å². The highest BCUT2D eigenvalue weighted by molar-refractivity contribution is 5.13. The van der Waals surface area contributed by atoms with Crippen molar-refractivity contribution >= 4 is 0 Å². The Labute approximate surface area is 108 Å². The lowest BCUT2D eigenvalue weighted by molar-refractivity contribution is 0.396. The van der Waals surface area contributed by atoms with Crippen LogP contribution in [0.4, 0.5) is 0 Å². The number of hydrogen-bond acceptors (Lipinski definition) is 3. The number of nitrogens with one attached hydrogen (secondary N) is 1. The number of aromatic nitrogens is 2. The van der Waals surface area contributed by atoms with Crippen LogP contribution in [0.1, 0.15) is 36.6 Å². The van der Waals surface area contributed by atoms with Crippen molar-refractivity contribution in [3.63, 3.8) is 0 Å². The molecule has 0 bridgehead atoms. The highest BCUT2D eigenvalue weighted by Gasteiger charge is 2.16. The molecule has 0 radical (unpaired) electrons. The van der Waals surface area contributed by atoms with Gasteiger partial charge in [-0.3, -0.25) is 4.68 Å². The van der Waals surface area contributed by atoms with Gasteiger partial charge in [-0.1, -0.05) is 6.92 Å². The molecule has 4 heteroatoms. The summed E-state index contributed by atoms with van der Waals surface area (Å²) in [5.74, 6) is 1.95. The van der Waals surface area contributed by atoms with Gasteiger partial charge in [-0.25, -0.2) is 0 Å². The standard InChI is InChI=1S/C14H21N3O/c1-4-8-15-13(14-6-5-11(2)18-14)10-12-7-9-17(3)16-12/h5-7,9,13,15H,4,8,10H2,1-3H3. The summed E-state index contributed by atoms with van der Waals surface area (Å²) < 4.78 is 7.56. The largest absolute Gasteiger partial charge is 0.465 e. The molecule has 0 saturated heterocycles. The quantitative estimate of drug-likeness (QED) is 0.853. The van der Waals surface area contributed by atoms with Gasteiger partial charge in [0.25, 0.3) is 0 Å². The zero-order valence-electron chi connectivity index (χ0n) is 11.3. The fourth-order valence-corrected chi connectivity index (χ4v) is 2.01. The molecule has 1 unspecified atom stereocenters. The Balaban J connectivity index is 2.09. The summed E-state index contributed by atoms with van der Waals surface area (Å²) in [6, 6.07) is 6.31. The zero-order chi connectivity index (χ0) is 13.0. The number of aryl methyl sites for hydroxylation is 2. The van der Waals surface area contributed by atoms with Crippen LogP contribution in [-0.2, 0) is 13.5 Å². The fraction of sp³-hybridized carbons (Fsp3) is 0.500. The van der Waals surface area contributed by atoms with Gasteiger partial charge in [0.1, 0.15) is 11.5 Å². The van der Waals surface area contributed by atoms with Crippen molar-refractivity contribution in [3.05, 3.63) is 41.6 Å². The Morgan fingerprint density at radius 3 is 2.78 bits per heavy atom. The van der Waals surface area contributed by atoms with Gasteiger partial charge in [0.05, 0.1) is 11.7 Å². The lowest BCUT2D eigenvalue weighted by atomic mass is 10.1. The van der Waals surface area contributed by atoms with Crippen molar-refractivity contribution in [1.82, 2.24) is 15.1 Å². The molecular formula is C14H21N3O. The maximum Gasteiger partial charge on any atom is 0.121 e. The van der Waals surface area contributed by atoms with Crippen molar-refractivity contribution in [2.45, 2.75) is 32.7 Å². The van der Waals surface area contributed by atoms with Crippen LogP contribution in [-0.4, -0.2) is 16.3 Å². The molecule has 2 heterocycles. The molecule has 0 aliphatic carbocycles. The predicted octanol–water partition coefficient (Wildman–Crippen LogP) is 2.60. The van der Waals surface area contributed by atoms with E-state index in [0.29, 0.717) is 0 Å². The van der Waals surface area contributed by atoms with E-state index in [4.69, 9.17) is 4.42 Å². The van der Waals surface area contributed by atoms with Crippen LogP contribution >= 0.6 is 0 Å². The smallest absolute Gasteiger partial charge is 0.121 e. The van der Waals surface area contributed by atoms with Crippen molar-refractivity contribution in [2.24, 2.45) is 7.05 Å². The molecule has 0 aromatic carbocycles. The maximum absolute atomic E-state index is 5.72. The first-order valence-electron chi connectivity index (χ1n) is 6.47. The van der Waals surface area contributed by atoms with Gasteiger partial charge in [-0.2, -0.15) is 5.10 Å². The molecule has 98 valence electrons. The van der Waals surface area contributed by atoms with Crippen molar-refractivity contribution < 1.29 is 4.42 Å². The Hall–Kier alpha value is -1.55. The molecule has 0 amide bonds. The van der Waals surface area contributed by atoms with Crippen LogP contribution in [0.2, 0.25) is 0 Å². The average Bonchev–Trinajstić information content (AvgIpc) is 2.93. The second-order valence-corrected chi connectivity index (χ2v) is 4.64. The summed E-state index contributed by atoms with van der Waals surface area (Å²) in [4.78, 5) is 0. The molecule has 2 aromatic rings. The third-order valence-electron chi connectivity index (χ3n) is 2.93. The van der Waals surface area contributed by atoms with E-state index in [0.717, 1.165) is 36.6 Å². The zero-order valence-corrected chi connectivity index (χ0v) is 11.3. The molecule has 1 atom stereocenters. The lowest BCUT2D eigenvalue weighted by Gasteiger charge is -2.15. The normalized spacial score (nSPS) is 12.8. The molecule has 18 heavy (non-hydrogen) atoms. The highest BCUT2D eigenvalue weighted by Crippen LogP contribution is 2.20. The first-order valence-corrected chi connectivity index (χ1v) is 6.47. The van der Waals surface area contributed by atoms with Gasteiger partial charge in [0.15, 0.2) is 0 Å². The molecule has 0 fully saturated rings. The average molecular weight is 247 g/mol. The van der Waals surface area contributed by atoms with Gasteiger partial charge in [-0.05, 0) is 38.1 Å². The predicted molar refractivity (Wildman–Crippen MR) is 71.4 cm³/mol. The second kappa shape index (κ2) is 5.87. The molecule has 0 aliphatic heterocycles. The van der Waals surface area contributed by atoms with Crippen LogP contribution in [0.15, 0.2) is 28.8 Å². The molecule has 4 nitrogen and oxygen atoms in total. The van der Waals surface area contributed by atoms with E-state index in [2.05, 4.69) is 23.4 Å². The Morgan fingerprint density at radius 2 is 2.22 bits per heavy atom. The van der Waals surface area contributed by atoms with E-state index in [1.54, 1.807) is 0 Å². The Morgan fingerprint density at radius 1 is 1.39 bits per heavy atom. The number of rotatable bonds is 6. The van der Waals surface area contributed by atoms with Crippen LogP contribution in [0, 0.1) is 6.92 Å². The van der Waals surface area contributed by atoms with E-state index in [1.807, 2.05) is 37.0 Å². The van der Waals surface area contributed by atoms with Crippen LogP contribution < -0.4 is 5.32 Å². The van der Waals surface area contributed by atoms with Gasteiger partial charge >= 0.3 is 0 Å². The minimum Gasteiger partial charge on any atom is -0.465 e. The molecule has 2 rings (SSSR count). The first-order chi connectivity index (χ1) is 8.69.